The Hall–Kier alpha value is -2.21. The van der Waals surface area contributed by atoms with E-state index in [0.29, 0.717) is 0 Å². The van der Waals surface area contributed by atoms with E-state index in [1.165, 1.54) is 111 Å². The molecule has 3 aromatic rings. The lowest BCUT2D eigenvalue weighted by molar-refractivity contribution is -0.666. The summed E-state index contributed by atoms with van der Waals surface area (Å²) in [4.78, 5) is 3.56. The maximum atomic E-state index is 3.89. The zero-order valence-electron chi connectivity index (χ0n) is 20.6. The van der Waals surface area contributed by atoms with Crippen LogP contribution in [0.15, 0.2) is 48.5 Å². The number of anilines is 1. The fraction of sp³-hybridized carbons (Fsp3) is 0.536. The largest absolute Gasteiger partial charge is 0.384 e. The number of hydrogen-bond acceptors (Lipinski definition) is 1. The van der Waals surface area contributed by atoms with Crippen LogP contribution in [0.2, 0.25) is 0 Å². The van der Waals surface area contributed by atoms with Crippen molar-refractivity contribution in [1.29, 1.82) is 0 Å². The van der Waals surface area contributed by atoms with Gasteiger partial charge in [-0.1, -0.05) is 43.5 Å². The van der Waals surface area contributed by atoms with Crippen LogP contribution in [-0.4, -0.2) is 39.3 Å². The first-order valence-electron chi connectivity index (χ1n) is 13.4. The monoisotopic (exact) mass is 453 g/mol. The molecular weight excluding hydrogens is 406 g/mol. The number of para-hydroxylation sites is 2. The molecule has 0 aliphatic rings. The third-order valence-electron chi connectivity index (χ3n) is 6.52. The number of quaternary nitrogens is 3. The van der Waals surface area contributed by atoms with Crippen LogP contribution in [0.1, 0.15) is 57.8 Å². The number of benzene rings is 2. The first kappa shape index (κ1) is 25.4. The molecule has 2 aromatic carbocycles. The molecule has 0 fully saturated rings. The molecule has 1 heterocycles. The van der Waals surface area contributed by atoms with Crippen LogP contribution in [0.5, 0.6) is 0 Å². The molecule has 5 nitrogen and oxygen atoms in total. The Morgan fingerprint density at radius 2 is 1.09 bits per heavy atom. The van der Waals surface area contributed by atoms with E-state index in [9.17, 15) is 0 Å². The third-order valence-corrected chi connectivity index (χ3v) is 6.52. The summed E-state index contributed by atoms with van der Waals surface area (Å²) in [6.07, 6.45) is 12.0. The van der Waals surface area contributed by atoms with Gasteiger partial charge in [0.1, 0.15) is 0 Å². The van der Waals surface area contributed by atoms with Crippen LogP contribution in [0, 0.1) is 0 Å². The van der Waals surface area contributed by atoms with Crippen molar-refractivity contribution < 1.29 is 21.4 Å². The fourth-order valence-electron chi connectivity index (χ4n) is 4.59. The summed E-state index contributed by atoms with van der Waals surface area (Å²) in [6, 6.07) is 17.2. The van der Waals surface area contributed by atoms with Crippen molar-refractivity contribution in [1.82, 2.24) is 0 Å². The molecule has 1 aromatic heterocycles. The first-order chi connectivity index (χ1) is 16.4. The minimum atomic E-state index is 1.04. The molecule has 33 heavy (non-hydrogen) atoms. The van der Waals surface area contributed by atoms with Crippen molar-refractivity contribution >= 4 is 27.5 Å². The molecule has 0 saturated heterocycles. The van der Waals surface area contributed by atoms with Gasteiger partial charge in [-0.3, -0.25) is 0 Å². The second kappa shape index (κ2) is 15.6. The van der Waals surface area contributed by atoms with Gasteiger partial charge in [0.2, 0.25) is 11.0 Å². The summed E-state index contributed by atoms with van der Waals surface area (Å²) in [7, 11) is 0. The zero-order valence-corrected chi connectivity index (χ0v) is 20.6. The highest BCUT2D eigenvalue weighted by atomic mass is 14.9. The lowest BCUT2D eigenvalue weighted by Gasteiger charge is -2.10. The van der Waals surface area contributed by atoms with Crippen LogP contribution in [-0.2, 0) is 0 Å². The molecule has 5 heteroatoms. The lowest BCUT2D eigenvalue weighted by Crippen LogP contribution is -2.86. The van der Waals surface area contributed by atoms with E-state index in [2.05, 4.69) is 75.2 Å². The number of aromatic nitrogens is 1. The summed E-state index contributed by atoms with van der Waals surface area (Å²) in [5.41, 5.74) is 7.55. The molecule has 0 radical (unpaired) electrons. The van der Waals surface area contributed by atoms with Gasteiger partial charge in [-0.25, -0.2) is 4.98 Å². The van der Waals surface area contributed by atoms with Crippen LogP contribution in [0.3, 0.4) is 0 Å². The fourth-order valence-corrected chi connectivity index (χ4v) is 4.59. The Kier molecular flexibility index (Phi) is 12.0. The number of nitrogens with two attached hydrogens (primary N) is 2. The number of H-pyrrole nitrogens is 1. The smallest absolute Gasteiger partial charge is 0.213 e. The predicted molar refractivity (Wildman–Crippen MR) is 139 cm³/mol. The standard InChI is InChI=1S/C28H43N5/c29-18-13-22-31-21-12-11-20-30-19-9-3-1-2-4-10-23-32-28-24-14-5-7-16-26(24)33-27-17-8-6-15-25(27)28/h5-8,14-17,30-31H,1-4,9-13,18-23,29H2,(H,32,33)/p+4. The average molecular weight is 454 g/mol. The second-order valence-corrected chi connectivity index (χ2v) is 9.29. The van der Waals surface area contributed by atoms with E-state index in [1.807, 2.05) is 0 Å². The molecule has 180 valence electrons. The third kappa shape index (κ3) is 8.92. The normalized spacial score (nSPS) is 11.4. The van der Waals surface area contributed by atoms with E-state index in [0.717, 1.165) is 13.1 Å². The topological polar surface area (TPSA) is 87.0 Å². The van der Waals surface area contributed by atoms with Crippen LogP contribution < -0.4 is 26.7 Å². The van der Waals surface area contributed by atoms with Crippen molar-refractivity contribution in [3.8, 4) is 0 Å². The van der Waals surface area contributed by atoms with Gasteiger partial charge < -0.3 is 21.7 Å². The number of fused-ring (bicyclic) bond motifs is 2. The Bertz CT molecular complexity index is 872. The van der Waals surface area contributed by atoms with Crippen molar-refractivity contribution in [2.75, 3.05) is 44.6 Å². The van der Waals surface area contributed by atoms with Gasteiger partial charge in [0.15, 0.2) is 0 Å². The van der Waals surface area contributed by atoms with E-state index < -0.39 is 0 Å². The van der Waals surface area contributed by atoms with E-state index >= 15 is 0 Å². The molecule has 0 atom stereocenters. The lowest BCUT2D eigenvalue weighted by atomic mass is 10.1. The molecule has 0 unspecified atom stereocenters. The van der Waals surface area contributed by atoms with Crippen LogP contribution in [0.25, 0.3) is 21.8 Å². The zero-order chi connectivity index (χ0) is 23.0. The second-order valence-electron chi connectivity index (χ2n) is 9.29. The highest BCUT2D eigenvalue weighted by Crippen LogP contribution is 2.28. The van der Waals surface area contributed by atoms with Gasteiger partial charge in [-0.15, -0.1) is 0 Å². The van der Waals surface area contributed by atoms with Gasteiger partial charge in [0.25, 0.3) is 0 Å². The highest BCUT2D eigenvalue weighted by Gasteiger charge is 2.12. The molecule has 0 spiro atoms. The summed E-state index contributed by atoms with van der Waals surface area (Å²) in [5.74, 6) is 0. The summed E-state index contributed by atoms with van der Waals surface area (Å²) < 4.78 is 0. The first-order valence-corrected chi connectivity index (χ1v) is 13.4. The average Bonchev–Trinajstić information content (AvgIpc) is 2.85. The number of pyridine rings is 1. The van der Waals surface area contributed by atoms with Crippen molar-refractivity contribution in [2.45, 2.75) is 57.8 Å². The van der Waals surface area contributed by atoms with Gasteiger partial charge in [-0.05, 0) is 31.4 Å². The van der Waals surface area contributed by atoms with Crippen molar-refractivity contribution in [2.24, 2.45) is 0 Å². The van der Waals surface area contributed by atoms with Gasteiger partial charge in [-0.2, -0.15) is 0 Å². The molecular formula is C28H47N5+4. The van der Waals surface area contributed by atoms with Gasteiger partial charge in [0, 0.05) is 37.9 Å². The van der Waals surface area contributed by atoms with Crippen LogP contribution >= 0.6 is 0 Å². The minimum Gasteiger partial charge on any atom is -0.384 e. The van der Waals surface area contributed by atoms with Crippen molar-refractivity contribution in [3.05, 3.63) is 48.5 Å². The molecule has 0 aliphatic carbocycles. The Morgan fingerprint density at radius 1 is 0.606 bits per heavy atom. The molecule has 0 aliphatic heterocycles. The van der Waals surface area contributed by atoms with Crippen molar-refractivity contribution in [3.63, 3.8) is 0 Å². The van der Waals surface area contributed by atoms with Gasteiger partial charge in [0.05, 0.1) is 49.2 Å². The number of unbranched alkanes of at least 4 members (excludes halogenated alkanes) is 6. The minimum absolute atomic E-state index is 1.04. The number of rotatable bonds is 18. The van der Waals surface area contributed by atoms with E-state index in [1.54, 1.807) is 0 Å². The predicted octanol–water partition coefficient (Wildman–Crippen LogP) is 2.10. The summed E-state index contributed by atoms with van der Waals surface area (Å²) in [6.45, 7) is 7.26. The number of nitrogens with one attached hydrogen (secondary N) is 2. The van der Waals surface area contributed by atoms with E-state index in [-0.39, 0.29) is 0 Å². The molecule has 3 rings (SSSR count). The Balaban J connectivity index is 1.22. The molecule has 0 amide bonds. The Labute approximate surface area is 199 Å². The Morgan fingerprint density at radius 3 is 1.70 bits per heavy atom. The van der Waals surface area contributed by atoms with Gasteiger partial charge >= 0.3 is 0 Å². The molecule has 9 N–H and O–H groups in total. The van der Waals surface area contributed by atoms with Crippen LogP contribution in [0.4, 0.5) is 5.69 Å². The SMILES string of the molecule is [NH3+]CCC[NH2+]CCCC[NH2+]CCCCCCCCNc1c2ccccc2[nH+]c2ccccc12. The molecule has 0 saturated carbocycles. The summed E-state index contributed by atoms with van der Waals surface area (Å²) in [5, 5.41) is 11.3. The maximum absolute atomic E-state index is 3.89. The highest BCUT2D eigenvalue weighted by molar-refractivity contribution is 6.04. The number of hydrogen-bond donors (Lipinski definition) is 4. The maximum Gasteiger partial charge on any atom is 0.213 e. The molecule has 0 bridgehead atoms. The number of aromatic amines is 1. The summed E-state index contributed by atoms with van der Waals surface area (Å²) >= 11 is 0. The van der Waals surface area contributed by atoms with E-state index in [4.69, 9.17) is 0 Å². The quantitative estimate of drug-likeness (QED) is 0.173.